The first kappa shape index (κ1) is 26.2. The van der Waals surface area contributed by atoms with Crippen LogP contribution in [0.4, 0.5) is 0 Å². The third-order valence-corrected chi connectivity index (χ3v) is 5.38. The van der Waals surface area contributed by atoms with Crippen molar-refractivity contribution in [2.75, 3.05) is 0 Å². The normalized spacial score (nSPS) is 12.1. The zero-order valence-electron chi connectivity index (χ0n) is 18.8. The van der Waals surface area contributed by atoms with Crippen LogP contribution in [0.2, 0.25) is 0 Å². The van der Waals surface area contributed by atoms with Crippen molar-refractivity contribution in [3.05, 3.63) is 12.2 Å². The third-order valence-electron chi connectivity index (χ3n) is 5.38. The highest BCUT2D eigenvalue weighted by Crippen LogP contribution is 2.18. The van der Waals surface area contributed by atoms with Crippen LogP contribution in [0.1, 0.15) is 136 Å². The molecule has 0 radical (unpaired) electrons. The van der Waals surface area contributed by atoms with E-state index >= 15 is 0 Å². The maximum atomic E-state index is 11.9. The summed E-state index contributed by atoms with van der Waals surface area (Å²) in [6.07, 6.45) is 23.3. The molecule has 2 heteroatoms. The molecule has 0 saturated heterocycles. The standard InChI is InChI=1S/C25H48O2/c1-5-7-9-11-13-14-16-18-20-22-24(27-25(26)23(3)4)21-19-17-15-12-10-8-6-2/h24H,3,5-22H2,1-2,4H3. The van der Waals surface area contributed by atoms with E-state index in [4.69, 9.17) is 4.74 Å². The molecule has 1 unspecified atom stereocenters. The van der Waals surface area contributed by atoms with Gasteiger partial charge in [-0.05, 0) is 32.6 Å². The van der Waals surface area contributed by atoms with E-state index in [2.05, 4.69) is 20.4 Å². The predicted octanol–water partition coefficient (Wildman–Crippen LogP) is 8.54. The van der Waals surface area contributed by atoms with Gasteiger partial charge in [0.1, 0.15) is 6.10 Å². The van der Waals surface area contributed by atoms with Crippen molar-refractivity contribution >= 4 is 5.97 Å². The molecule has 1 atom stereocenters. The largest absolute Gasteiger partial charge is 0.459 e. The lowest BCUT2D eigenvalue weighted by molar-refractivity contribution is -0.145. The Morgan fingerprint density at radius 1 is 0.667 bits per heavy atom. The Bertz CT molecular complexity index is 348. The molecule has 0 fully saturated rings. The molecule has 27 heavy (non-hydrogen) atoms. The molecule has 0 aromatic carbocycles. The number of unbranched alkanes of at least 4 members (excludes halogenated alkanes) is 14. The smallest absolute Gasteiger partial charge is 0.333 e. The maximum Gasteiger partial charge on any atom is 0.333 e. The summed E-state index contributed by atoms with van der Waals surface area (Å²) in [5.74, 6) is -0.209. The number of carbonyl (C=O) groups is 1. The van der Waals surface area contributed by atoms with Crippen LogP contribution in [-0.2, 0) is 9.53 Å². The van der Waals surface area contributed by atoms with E-state index in [9.17, 15) is 4.79 Å². The van der Waals surface area contributed by atoms with Crippen molar-refractivity contribution in [2.24, 2.45) is 0 Å². The second-order valence-corrected chi connectivity index (χ2v) is 8.33. The molecule has 160 valence electrons. The highest BCUT2D eigenvalue weighted by molar-refractivity contribution is 5.87. The molecule has 0 aromatic heterocycles. The third kappa shape index (κ3) is 18.3. The maximum absolute atomic E-state index is 11.9. The minimum absolute atomic E-state index is 0.0920. The van der Waals surface area contributed by atoms with E-state index in [0.29, 0.717) is 5.57 Å². The van der Waals surface area contributed by atoms with Gasteiger partial charge < -0.3 is 4.74 Å². The number of ether oxygens (including phenoxy) is 1. The quantitative estimate of drug-likeness (QED) is 0.120. The summed E-state index contributed by atoms with van der Waals surface area (Å²) in [7, 11) is 0. The molecule has 0 rings (SSSR count). The molecule has 0 spiro atoms. The van der Waals surface area contributed by atoms with E-state index in [1.807, 2.05) is 0 Å². The van der Waals surface area contributed by atoms with Crippen LogP contribution < -0.4 is 0 Å². The van der Waals surface area contributed by atoms with E-state index in [1.165, 1.54) is 103 Å². The lowest BCUT2D eigenvalue weighted by atomic mass is 10.0. The molecule has 0 bridgehead atoms. The number of hydrogen-bond donors (Lipinski definition) is 0. The average Bonchev–Trinajstić information content (AvgIpc) is 2.65. The minimum atomic E-state index is -0.209. The van der Waals surface area contributed by atoms with Gasteiger partial charge in [0.05, 0.1) is 0 Å². The summed E-state index contributed by atoms with van der Waals surface area (Å²) < 4.78 is 5.69. The lowest BCUT2D eigenvalue weighted by Crippen LogP contribution is -2.18. The van der Waals surface area contributed by atoms with Gasteiger partial charge in [0.2, 0.25) is 0 Å². The summed E-state index contributed by atoms with van der Waals surface area (Å²) in [5.41, 5.74) is 0.520. The minimum Gasteiger partial charge on any atom is -0.459 e. The molecule has 0 aliphatic carbocycles. The van der Waals surface area contributed by atoms with Gasteiger partial charge in [0, 0.05) is 5.57 Å². The molecule has 0 aliphatic rings. The fourth-order valence-electron chi connectivity index (χ4n) is 3.53. The zero-order chi connectivity index (χ0) is 20.2. The van der Waals surface area contributed by atoms with Crippen molar-refractivity contribution in [3.8, 4) is 0 Å². The molecule has 0 amide bonds. The fraction of sp³-hybridized carbons (Fsp3) is 0.880. The van der Waals surface area contributed by atoms with E-state index in [0.717, 1.165) is 12.8 Å². The zero-order valence-corrected chi connectivity index (χ0v) is 18.8. The Hall–Kier alpha value is -0.790. The molecule has 0 saturated carbocycles. The number of carbonyl (C=O) groups excluding carboxylic acids is 1. The number of rotatable bonds is 20. The molecule has 0 aliphatic heterocycles. The summed E-state index contributed by atoms with van der Waals surface area (Å²) in [6.45, 7) is 9.99. The monoisotopic (exact) mass is 380 g/mol. The summed E-state index contributed by atoms with van der Waals surface area (Å²) in [5, 5.41) is 0. The molecule has 0 aromatic rings. The van der Waals surface area contributed by atoms with Crippen LogP contribution in [0.15, 0.2) is 12.2 Å². The molecular weight excluding hydrogens is 332 g/mol. The first-order chi connectivity index (χ1) is 13.1. The van der Waals surface area contributed by atoms with Crippen molar-refractivity contribution in [2.45, 2.75) is 142 Å². The van der Waals surface area contributed by atoms with Crippen molar-refractivity contribution in [3.63, 3.8) is 0 Å². The van der Waals surface area contributed by atoms with Gasteiger partial charge in [-0.15, -0.1) is 0 Å². The van der Waals surface area contributed by atoms with Crippen LogP contribution in [0.5, 0.6) is 0 Å². The van der Waals surface area contributed by atoms with Gasteiger partial charge in [-0.3, -0.25) is 0 Å². The van der Waals surface area contributed by atoms with Gasteiger partial charge in [0.25, 0.3) is 0 Å². The van der Waals surface area contributed by atoms with Gasteiger partial charge in [-0.2, -0.15) is 0 Å². The molecular formula is C25H48O2. The van der Waals surface area contributed by atoms with E-state index in [1.54, 1.807) is 6.92 Å². The highest BCUT2D eigenvalue weighted by atomic mass is 16.5. The van der Waals surface area contributed by atoms with Gasteiger partial charge >= 0.3 is 5.97 Å². The summed E-state index contributed by atoms with van der Waals surface area (Å²) in [4.78, 5) is 11.9. The van der Waals surface area contributed by atoms with Gasteiger partial charge in [-0.25, -0.2) is 4.79 Å². The van der Waals surface area contributed by atoms with E-state index in [-0.39, 0.29) is 12.1 Å². The Labute approximate surface area is 170 Å². The molecule has 0 N–H and O–H groups in total. The van der Waals surface area contributed by atoms with Crippen molar-refractivity contribution in [1.29, 1.82) is 0 Å². The highest BCUT2D eigenvalue weighted by Gasteiger charge is 2.14. The van der Waals surface area contributed by atoms with Crippen LogP contribution in [0.25, 0.3) is 0 Å². The predicted molar refractivity (Wildman–Crippen MR) is 119 cm³/mol. The lowest BCUT2D eigenvalue weighted by Gasteiger charge is -2.18. The topological polar surface area (TPSA) is 26.3 Å². The van der Waals surface area contributed by atoms with Crippen LogP contribution >= 0.6 is 0 Å². The van der Waals surface area contributed by atoms with E-state index < -0.39 is 0 Å². The Morgan fingerprint density at radius 3 is 1.33 bits per heavy atom. The second kappa shape index (κ2) is 20.0. The molecule has 0 heterocycles. The second-order valence-electron chi connectivity index (χ2n) is 8.33. The SMILES string of the molecule is C=C(C)C(=O)OC(CCCCCCCCC)CCCCCCCCCCC. The van der Waals surface area contributed by atoms with Gasteiger partial charge in [0.15, 0.2) is 0 Å². The summed E-state index contributed by atoms with van der Waals surface area (Å²) >= 11 is 0. The Kier molecular flexibility index (Phi) is 19.4. The number of hydrogen-bond acceptors (Lipinski definition) is 2. The Balaban J connectivity index is 3.86. The number of esters is 1. The first-order valence-corrected chi connectivity index (χ1v) is 12.0. The van der Waals surface area contributed by atoms with Crippen LogP contribution in [0.3, 0.4) is 0 Å². The van der Waals surface area contributed by atoms with Crippen LogP contribution in [0, 0.1) is 0 Å². The van der Waals surface area contributed by atoms with Crippen LogP contribution in [-0.4, -0.2) is 12.1 Å². The van der Waals surface area contributed by atoms with Gasteiger partial charge in [-0.1, -0.05) is 110 Å². The average molecular weight is 381 g/mol. The van der Waals surface area contributed by atoms with Crippen molar-refractivity contribution in [1.82, 2.24) is 0 Å². The van der Waals surface area contributed by atoms with Crippen molar-refractivity contribution < 1.29 is 9.53 Å². The first-order valence-electron chi connectivity index (χ1n) is 12.0. The fourth-order valence-corrected chi connectivity index (χ4v) is 3.53. The summed E-state index contributed by atoms with van der Waals surface area (Å²) in [6, 6.07) is 0. The molecule has 2 nitrogen and oxygen atoms in total. The Morgan fingerprint density at radius 2 is 1.00 bits per heavy atom.